The molecule has 19 heavy (non-hydrogen) atoms. The number of carbonyl (C=O) groups excluding carboxylic acids is 1. The van der Waals surface area contributed by atoms with E-state index in [0.29, 0.717) is 5.92 Å². The fourth-order valence-corrected chi connectivity index (χ4v) is 2.50. The number of benzene rings is 1. The van der Waals surface area contributed by atoms with Gasteiger partial charge in [-0.1, -0.05) is 44.5 Å². The lowest BCUT2D eigenvalue weighted by atomic mass is 9.84. The normalized spacial score (nSPS) is 17.1. The molecule has 0 heterocycles. The van der Waals surface area contributed by atoms with Crippen molar-refractivity contribution in [3.05, 3.63) is 35.4 Å². The van der Waals surface area contributed by atoms with Crippen LogP contribution in [-0.2, 0) is 11.2 Å². The summed E-state index contributed by atoms with van der Waals surface area (Å²) in [7, 11) is 0. The Morgan fingerprint density at radius 2 is 1.84 bits per heavy atom. The zero-order chi connectivity index (χ0) is 13.8. The van der Waals surface area contributed by atoms with E-state index in [-0.39, 0.29) is 17.9 Å². The molecule has 1 aromatic carbocycles. The Balaban J connectivity index is 1.91. The summed E-state index contributed by atoms with van der Waals surface area (Å²) < 4.78 is 0. The Labute approximate surface area is 116 Å². The smallest absolute Gasteiger partial charge is 0.223 e. The van der Waals surface area contributed by atoms with Crippen molar-refractivity contribution in [1.29, 1.82) is 0 Å². The molecule has 0 saturated heterocycles. The van der Waals surface area contributed by atoms with Gasteiger partial charge in [0.2, 0.25) is 5.91 Å². The molecule has 2 heteroatoms. The molecule has 1 atom stereocenters. The molecule has 1 N–H and O–H groups in total. The van der Waals surface area contributed by atoms with E-state index < -0.39 is 0 Å². The highest BCUT2D eigenvalue weighted by molar-refractivity contribution is 5.79. The summed E-state index contributed by atoms with van der Waals surface area (Å²) in [5, 5.41) is 3.12. The Kier molecular flexibility index (Phi) is 4.62. The van der Waals surface area contributed by atoms with E-state index in [1.807, 2.05) is 0 Å². The van der Waals surface area contributed by atoms with Gasteiger partial charge in [-0.15, -0.1) is 0 Å². The summed E-state index contributed by atoms with van der Waals surface area (Å²) in [5.74, 6) is 1.18. The minimum atomic E-state index is 0.112. The van der Waals surface area contributed by atoms with Crippen LogP contribution in [0.4, 0.5) is 0 Å². The first-order chi connectivity index (χ1) is 9.06. The summed E-state index contributed by atoms with van der Waals surface area (Å²) in [6.45, 7) is 6.53. The van der Waals surface area contributed by atoms with Crippen molar-refractivity contribution in [3.8, 4) is 0 Å². The summed E-state index contributed by atoms with van der Waals surface area (Å²) >= 11 is 0. The van der Waals surface area contributed by atoms with E-state index >= 15 is 0 Å². The van der Waals surface area contributed by atoms with E-state index in [9.17, 15) is 4.79 Å². The molecule has 1 unspecified atom stereocenters. The second-order valence-electron chi connectivity index (χ2n) is 6.20. The summed E-state index contributed by atoms with van der Waals surface area (Å²) in [4.78, 5) is 11.9. The van der Waals surface area contributed by atoms with Crippen LogP contribution in [0.15, 0.2) is 24.3 Å². The topological polar surface area (TPSA) is 29.1 Å². The Bertz CT molecular complexity index is 417. The first-order valence-corrected chi connectivity index (χ1v) is 7.45. The van der Waals surface area contributed by atoms with Crippen molar-refractivity contribution in [1.82, 2.24) is 5.32 Å². The van der Waals surface area contributed by atoms with Crippen LogP contribution in [0.1, 0.15) is 57.2 Å². The van der Waals surface area contributed by atoms with Crippen molar-refractivity contribution in [2.45, 2.75) is 52.5 Å². The minimum absolute atomic E-state index is 0.112. The third-order valence-electron chi connectivity index (χ3n) is 3.96. The van der Waals surface area contributed by atoms with Gasteiger partial charge < -0.3 is 5.32 Å². The maximum Gasteiger partial charge on any atom is 0.223 e. The summed E-state index contributed by atoms with van der Waals surface area (Å²) in [6.07, 6.45) is 4.44. The number of rotatable bonds is 5. The third kappa shape index (κ3) is 3.82. The van der Waals surface area contributed by atoms with Crippen molar-refractivity contribution < 1.29 is 4.79 Å². The molecule has 1 aliphatic rings. The Hall–Kier alpha value is -1.31. The fourth-order valence-electron chi connectivity index (χ4n) is 2.50. The Morgan fingerprint density at radius 3 is 2.32 bits per heavy atom. The maximum atomic E-state index is 11.9. The molecule has 0 aromatic heterocycles. The third-order valence-corrected chi connectivity index (χ3v) is 3.96. The standard InChI is InChI=1S/C17H25NO/c1-12(2)11-14-7-9-15(10-8-14)13(3)18-17(19)16-5-4-6-16/h7-10,12-13,16H,4-6,11H2,1-3H3,(H,18,19). The molecular weight excluding hydrogens is 234 g/mol. The number of amides is 1. The van der Waals surface area contributed by atoms with Crippen LogP contribution in [0.2, 0.25) is 0 Å². The number of nitrogens with one attached hydrogen (secondary N) is 1. The van der Waals surface area contributed by atoms with E-state index in [2.05, 4.69) is 50.4 Å². The van der Waals surface area contributed by atoms with Crippen LogP contribution in [-0.4, -0.2) is 5.91 Å². The molecule has 104 valence electrons. The molecule has 1 saturated carbocycles. The van der Waals surface area contributed by atoms with Gasteiger partial charge in [0.25, 0.3) is 0 Å². The molecule has 0 aliphatic heterocycles. The summed E-state index contributed by atoms with van der Waals surface area (Å²) in [5.41, 5.74) is 2.57. The van der Waals surface area contributed by atoms with Gasteiger partial charge in [-0.25, -0.2) is 0 Å². The minimum Gasteiger partial charge on any atom is -0.349 e. The molecule has 2 nitrogen and oxygen atoms in total. The average Bonchev–Trinajstić information content (AvgIpc) is 2.26. The molecule has 1 amide bonds. The van der Waals surface area contributed by atoms with E-state index in [1.54, 1.807) is 0 Å². The van der Waals surface area contributed by atoms with Crippen LogP contribution in [0, 0.1) is 11.8 Å². The van der Waals surface area contributed by atoms with Gasteiger partial charge in [0.15, 0.2) is 0 Å². The van der Waals surface area contributed by atoms with Gasteiger partial charge in [-0.05, 0) is 43.2 Å². The lowest BCUT2D eigenvalue weighted by Crippen LogP contribution is -2.35. The largest absolute Gasteiger partial charge is 0.349 e. The van der Waals surface area contributed by atoms with Gasteiger partial charge in [0.05, 0.1) is 6.04 Å². The Morgan fingerprint density at radius 1 is 1.21 bits per heavy atom. The van der Waals surface area contributed by atoms with Gasteiger partial charge >= 0.3 is 0 Å². The van der Waals surface area contributed by atoms with Crippen molar-refractivity contribution in [3.63, 3.8) is 0 Å². The molecule has 1 fully saturated rings. The van der Waals surface area contributed by atoms with E-state index in [0.717, 1.165) is 19.3 Å². The quantitative estimate of drug-likeness (QED) is 0.854. The van der Waals surface area contributed by atoms with Crippen molar-refractivity contribution in [2.24, 2.45) is 11.8 Å². The van der Waals surface area contributed by atoms with E-state index in [4.69, 9.17) is 0 Å². The lowest BCUT2D eigenvalue weighted by Gasteiger charge is -2.26. The average molecular weight is 259 g/mol. The van der Waals surface area contributed by atoms with E-state index in [1.165, 1.54) is 17.5 Å². The molecule has 0 spiro atoms. The van der Waals surface area contributed by atoms with Crippen LogP contribution >= 0.6 is 0 Å². The zero-order valence-electron chi connectivity index (χ0n) is 12.3. The van der Waals surface area contributed by atoms with Crippen molar-refractivity contribution in [2.75, 3.05) is 0 Å². The lowest BCUT2D eigenvalue weighted by molar-refractivity contribution is -0.128. The second kappa shape index (κ2) is 6.23. The predicted molar refractivity (Wildman–Crippen MR) is 78.9 cm³/mol. The van der Waals surface area contributed by atoms with Gasteiger partial charge in [-0.2, -0.15) is 0 Å². The highest BCUT2D eigenvalue weighted by Gasteiger charge is 2.26. The highest BCUT2D eigenvalue weighted by atomic mass is 16.1. The summed E-state index contributed by atoms with van der Waals surface area (Å²) in [6, 6.07) is 8.76. The molecule has 0 radical (unpaired) electrons. The second-order valence-corrected chi connectivity index (χ2v) is 6.20. The van der Waals surface area contributed by atoms with Gasteiger partial charge in [0.1, 0.15) is 0 Å². The molecule has 0 bridgehead atoms. The SMILES string of the molecule is CC(C)Cc1ccc(C(C)NC(=O)C2CCC2)cc1. The number of carbonyl (C=O) groups is 1. The molecule has 1 aliphatic carbocycles. The van der Waals surface area contributed by atoms with Gasteiger partial charge in [0, 0.05) is 5.92 Å². The number of hydrogen-bond acceptors (Lipinski definition) is 1. The van der Waals surface area contributed by atoms with Crippen molar-refractivity contribution >= 4 is 5.91 Å². The molecule has 1 aromatic rings. The van der Waals surface area contributed by atoms with Crippen LogP contribution < -0.4 is 5.32 Å². The molecular formula is C17H25NO. The zero-order valence-corrected chi connectivity index (χ0v) is 12.3. The predicted octanol–water partition coefficient (Wildman–Crippen LogP) is 3.86. The number of hydrogen-bond donors (Lipinski definition) is 1. The van der Waals surface area contributed by atoms with Crippen LogP contribution in [0.3, 0.4) is 0 Å². The highest BCUT2D eigenvalue weighted by Crippen LogP contribution is 2.27. The van der Waals surface area contributed by atoms with Crippen LogP contribution in [0.5, 0.6) is 0 Å². The maximum absolute atomic E-state index is 11.9. The first-order valence-electron chi connectivity index (χ1n) is 7.45. The first kappa shape index (κ1) is 14.1. The monoisotopic (exact) mass is 259 g/mol. The fraction of sp³-hybridized carbons (Fsp3) is 0.588. The van der Waals surface area contributed by atoms with Gasteiger partial charge in [-0.3, -0.25) is 4.79 Å². The molecule has 2 rings (SSSR count). The van der Waals surface area contributed by atoms with Crippen LogP contribution in [0.25, 0.3) is 0 Å².